The van der Waals surface area contributed by atoms with Crippen LogP contribution in [0.25, 0.3) is 27.6 Å². The smallest absolute Gasteiger partial charge is 0.321 e. The number of rotatable bonds is 4. The fraction of sp³-hybridized carbons (Fsp3) is 0.207. The van der Waals surface area contributed by atoms with E-state index >= 15 is 0 Å². The minimum absolute atomic E-state index is 0.0545. The molecule has 1 N–H and O–H groups in total. The van der Waals surface area contributed by atoms with Crippen LogP contribution >= 0.6 is 0 Å². The summed E-state index contributed by atoms with van der Waals surface area (Å²) in [5.74, 6) is 0.961. The van der Waals surface area contributed by atoms with Crippen LogP contribution in [0.15, 0.2) is 85.1 Å². The van der Waals surface area contributed by atoms with Gasteiger partial charge >= 0.3 is 6.03 Å². The number of benzene rings is 3. The molecule has 1 aliphatic rings. The standard InChI is InChI=1S/C29H28N6O/c1-21-6-4-9-25(18-21)35-27(32-26-10-5-13-30-28(26)35)20-33-14-16-34(17-15-33)29(36)31-24-12-11-22-7-2-3-8-23(22)19-24/h2-13,18-19H,14-17,20H2,1H3,(H,31,36). The number of pyridine rings is 1. The maximum atomic E-state index is 12.9. The maximum absolute atomic E-state index is 12.9. The second-order valence-corrected chi connectivity index (χ2v) is 9.30. The lowest BCUT2D eigenvalue weighted by Crippen LogP contribution is -2.49. The number of hydrogen-bond acceptors (Lipinski definition) is 4. The number of amides is 2. The van der Waals surface area contributed by atoms with Crippen LogP contribution in [0.2, 0.25) is 0 Å². The average molecular weight is 477 g/mol. The number of carbonyl (C=O) groups is 1. The van der Waals surface area contributed by atoms with Crippen LogP contribution in [0.1, 0.15) is 11.4 Å². The lowest BCUT2D eigenvalue weighted by molar-refractivity contribution is 0.140. The normalized spacial score (nSPS) is 14.4. The van der Waals surface area contributed by atoms with Crippen LogP contribution < -0.4 is 5.32 Å². The van der Waals surface area contributed by atoms with Gasteiger partial charge in [-0.15, -0.1) is 0 Å². The molecule has 3 aromatic carbocycles. The molecule has 5 aromatic rings. The second-order valence-electron chi connectivity index (χ2n) is 9.30. The number of carbonyl (C=O) groups excluding carboxylic acids is 1. The molecule has 36 heavy (non-hydrogen) atoms. The topological polar surface area (TPSA) is 66.3 Å². The average Bonchev–Trinajstić information content (AvgIpc) is 3.27. The van der Waals surface area contributed by atoms with Gasteiger partial charge in [0, 0.05) is 43.8 Å². The Balaban J connectivity index is 1.15. The summed E-state index contributed by atoms with van der Waals surface area (Å²) in [5, 5.41) is 5.35. The number of imidazole rings is 1. The van der Waals surface area contributed by atoms with Gasteiger partial charge in [-0.05, 0) is 59.7 Å². The fourth-order valence-electron chi connectivity index (χ4n) is 4.88. The molecule has 1 fully saturated rings. The highest BCUT2D eigenvalue weighted by Gasteiger charge is 2.23. The quantitative estimate of drug-likeness (QED) is 0.386. The van der Waals surface area contributed by atoms with Gasteiger partial charge in [-0.2, -0.15) is 0 Å². The third-order valence-electron chi connectivity index (χ3n) is 6.77. The van der Waals surface area contributed by atoms with Gasteiger partial charge in [0.1, 0.15) is 11.3 Å². The van der Waals surface area contributed by atoms with Gasteiger partial charge in [0.25, 0.3) is 0 Å². The van der Waals surface area contributed by atoms with Crippen molar-refractivity contribution in [2.45, 2.75) is 13.5 Å². The number of aromatic nitrogens is 3. The van der Waals surface area contributed by atoms with Crippen LogP contribution in [-0.2, 0) is 6.54 Å². The summed E-state index contributed by atoms with van der Waals surface area (Å²) in [5.41, 5.74) is 4.84. The van der Waals surface area contributed by atoms with E-state index in [1.165, 1.54) is 5.56 Å². The predicted octanol–water partition coefficient (Wildman–Crippen LogP) is 5.23. The summed E-state index contributed by atoms with van der Waals surface area (Å²) in [4.78, 5) is 26.7. The Morgan fingerprint density at radius 3 is 2.56 bits per heavy atom. The van der Waals surface area contributed by atoms with Gasteiger partial charge in [0.2, 0.25) is 0 Å². The number of urea groups is 1. The van der Waals surface area contributed by atoms with Crippen LogP contribution in [0.3, 0.4) is 0 Å². The third-order valence-corrected chi connectivity index (χ3v) is 6.77. The van der Waals surface area contributed by atoms with E-state index in [1.54, 1.807) is 0 Å². The molecule has 1 aliphatic heterocycles. The molecule has 0 radical (unpaired) electrons. The lowest BCUT2D eigenvalue weighted by Gasteiger charge is -2.34. The van der Waals surface area contributed by atoms with Crippen molar-refractivity contribution in [3.05, 3.63) is 96.4 Å². The first-order valence-corrected chi connectivity index (χ1v) is 12.3. The highest BCUT2D eigenvalue weighted by Crippen LogP contribution is 2.23. The molecule has 1 saturated heterocycles. The molecule has 6 rings (SSSR count). The molecular formula is C29H28N6O. The Labute approximate surface area is 210 Å². The van der Waals surface area contributed by atoms with Crippen LogP contribution in [0.4, 0.5) is 10.5 Å². The van der Waals surface area contributed by atoms with Crippen molar-refractivity contribution >= 4 is 33.7 Å². The summed E-state index contributed by atoms with van der Waals surface area (Å²) in [6, 6.07) is 26.5. The number of hydrogen-bond donors (Lipinski definition) is 1. The van der Waals surface area contributed by atoms with Crippen LogP contribution in [-0.4, -0.2) is 56.5 Å². The van der Waals surface area contributed by atoms with Crippen molar-refractivity contribution in [1.29, 1.82) is 0 Å². The molecule has 2 aromatic heterocycles. The molecule has 0 bridgehead atoms. The highest BCUT2D eigenvalue weighted by molar-refractivity contribution is 5.93. The van der Waals surface area contributed by atoms with Gasteiger partial charge in [0.05, 0.1) is 6.54 Å². The van der Waals surface area contributed by atoms with Crippen LogP contribution in [0, 0.1) is 6.92 Å². The summed E-state index contributed by atoms with van der Waals surface area (Å²) in [7, 11) is 0. The summed E-state index contributed by atoms with van der Waals surface area (Å²) in [6.45, 7) is 5.71. The maximum Gasteiger partial charge on any atom is 0.321 e. The summed E-state index contributed by atoms with van der Waals surface area (Å²) in [6.07, 6.45) is 1.81. The fourth-order valence-corrected chi connectivity index (χ4v) is 4.88. The molecule has 0 spiro atoms. The van der Waals surface area contributed by atoms with Crippen LogP contribution in [0.5, 0.6) is 0 Å². The Morgan fingerprint density at radius 1 is 0.889 bits per heavy atom. The van der Waals surface area contributed by atoms with Crippen molar-refractivity contribution in [1.82, 2.24) is 24.3 Å². The number of aryl methyl sites for hydroxylation is 1. The largest absolute Gasteiger partial charge is 0.322 e. The van der Waals surface area contributed by atoms with Crippen molar-refractivity contribution in [3.8, 4) is 5.69 Å². The zero-order chi connectivity index (χ0) is 24.5. The number of fused-ring (bicyclic) bond motifs is 2. The van der Waals surface area contributed by atoms with Crippen molar-refractivity contribution in [2.75, 3.05) is 31.5 Å². The molecule has 0 atom stereocenters. The molecule has 3 heterocycles. The molecular weight excluding hydrogens is 448 g/mol. The first-order chi connectivity index (χ1) is 17.6. The molecule has 180 valence electrons. The lowest BCUT2D eigenvalue weighted by atomic mass is 10.1. The van der Waals surface area contributed by atoms with E-state index in [0.29, 0.717) is 19.6 Å². The number of anilines is 1. The van der Waals surface area contributed by atoms with Gasteiger partial charge in [-0.25, -0.2) is 14.8 Å². The van der Waals surface area contributed by atoms with E-state index in [-0.39, 0.29) is 6.03 Å². The SMILES string of the molecule is Cc1cccc(-n2c(CN3CCN(C(=O)Nc4ccc5ccccc5c4)CC3)nc3cccnc32)c1. The minimum Gasteiger partial charge on any atom is -0.322 e. The molecule has 2 amide bonds. The van der Waals surface area contributed by atoms with E-state index in [9.17, 15) is 4.79 Å². The molecule has 0 unspecified atom stereocenters. The van der Waals surface area contributed by atoms with Gasteiger partial charge in [-0.1, -0.05) is 42.5 Å². The number of nitrogens with one attached hydrogen (secondary N) is 1. The van der Waals surface area contributed by atoms with E-state index in [1.807, 2.05) is 53.6 Å². The van der Waals surface area contributed by atoms with Crippen molar-refractivity contribution in [3.63, 3.8) is 0 Å². The Bertz CT molecular complexity index is 1550. The zero-order valence-electron chi connectivity index (χ0n) is 20.3. The van der Waals surface area contributed by atoms with Crippen molar-refractivity contribution in [2.24, 2.45) is 0 Å². The zero-order valence-corrected chi connectivity index (χ0v) is 20.3. The predicted molar refractivity (Wildman–Crippen MR) is 143 cm³/mol. The first-order valence-electron chi connectivity index (χ1n) is 12.3. The molecule has 0 aliphatic carbocycles. The minimum atomic E-state index is -0.0545. The van der Waals surface area contributed by atoms with Gasteiger partial charge < -0.3 is 10.2 Å². The van der Waals surface area contributed by atoms with E-state index in [0.717, 1.165) is 52.2 Å². The molecule has 0 saturated carbocycles. The summed E-state index contributed by atoms with van der Waals surface area (Å²) < 4.78 is 2.15. The molecule has 7 nitrogen and oxygen atoms in total. The first kappa shape index (κ1) is 22.2. The van der Waals surface area contributed by atoms with Gasteiger partial charge in [-0.3, -0.25) is 9.47 Å². The van der Waals surface area contributed by atoms with Gasteiger partial charge in [0.15, 0.2) is 5.65 Å². The highest BCUT2D eigenvalue weighted by atomic mass is 16.2. The summed E-state index contributed by atoms with van der Waals surface area (Å²) >= 11 is 0. The number of piperazine rings is 1. The van der Waals surface area contributed by atoms with E-state index in [4.69, 9.17) is 4.98 Å². The Hall–Kier alpha value is -4.23. The second kappa shape index (κ2) is 9.43. The van der Waals surface area contributed by atoms with Crippen molar-refractivity contribution < 1.29 is 4.79 Å². The Morgan fingerprint density at radius 2 is 1.72 bits per heavy atom. The van der Waals surface area contributed by atoms with E-state index < -0.39 is 0 Å². The molecule has 7 heteroatoms. The van der Waals surface area contributed by atoms with E-state index in [2.05, 4.69) is 63.1 Å². The third kappa shape index (κ3) is 4.41. The Kier molecular flexibility index (Phi) is 5.83. The number of nitrogens with zero attached hydrogens (tertiary/aromatic N) is 5. The monoisotopic (exact) mass is 476 g/mol.